The number of nitrogens with zero attached hydrogens (tertiary/aromatic N) is 1. The van der Waals surface area contributed by atoms with Gasteiger partial charge in [0.2, 0.25) is 5.91 Å². The summed E-state index contributed by atoms with van der Waals surface area (Å²) in [4.78, 5) is 26.3. The summed E-state index contributed by atoms with van der Waals surface area (Å²) < 4.78 is 10.1. The number of halogens is 2. The number of anilines is 1. The lowest BCUT2D eigenvalue weighted by Crippen LogP contribution is -2.28. The van der Waals surface area contributed by atoms with Gasteiger partial charge in [-0.15, -0.1) is 0 Å². The van der Waals surface area contributed by atoms with Gasteiger partial charge in [-0.05, 0) is 47.3 Å². The lowest BCUT2D eigenvalue weighted by atomic mass is 10.0. The van der Waals surface area contributed by atoms with E-state index in [0.717, 1.165) is 5.56 Å². The van der Waals surface area contributed by atoms with Crippen molar-refractivity contribution in [3.8, 4) is 5.75 Å². The standard InChI is InChI=1S/C22H19Cl2NO4/c1-13(26)25(12-14-5-4-6-18(7-14)28-2)20-10-16(22(27)29-3)8-15-9-17(23)11-19(24)21(15)20/h4-11H,12H2,1-3H3. The Bertz CT molecular complexity index is 1100. The van der Waals surface area contributed by atoms with Crippen molar-refractivity contribution in [3.05, 3.63) is 69.7 Å². The first-order chi connectivity index (χ1) is 13.8. The van der Waals surface area contributed by atoms with E-state index in [1.165, 1.54) is 14.0 Å². The van der Waals surface area contributed by atoms with Crippen LogP contribution in [0.15, 0.2) is 48.5 Å². The van der Waals surface area contributed by atoms with E-state index in [1.54, 1.807) is 36.3 Å². The van der Waals surface area contributed by atoms with Gasteiger partial charge in [-0.25, -0.2) is 4.79 Å². The van der Waals surface area contributed by atoms with E-state index >= 15 is 0 Å². The van der Waals surface area contributed by atoms with Gasteiger partial charge in [0.25, 0.3) is 0 Å². The van der Waals surface area contributed by atoms with Crippen molar-refractivity contribution in [2.45, 2.75) is 13.5 Å². The number of hydrogen-bond donors (Lipinski definition) is 0. The molecule has 0 fully saturated rings. The van der Waals surface area contributed by atoms with Gasteiger partial charge in [0.1, 0.15) is 5.75 Å². The molecule has 3 rings (SSSR count). The Hall–Kier alpha value is -2.76. The fraction of sp³-hybridized carbons (Fsp3) is 0.182. The van der Waals surface area contributed by atoms with Gasteiger partial charge < -0.3 is 14.4 Å². The zero-order valence-corrected chi connectivity index (χ0v) is 17.7. The van der Waals surface area contributed by atoms with Crippen LogP contribution >= 0.6 is 23.2 Å². The second-order valence-corrected chi connectivity index (χ2v) is 7.27. The molecule has 0 bridgehead atoms. The molecular formula is C22H19Cl2NO4. The molecular weight excluding hydrogens is 413 g/mol. The van der Waals surface area contributed by atoms with Crippen LogP contribution in [0.3, 0.4) is 0 Å². The number of rotatable bonds is 5. The van der Waals surface area contributed by atoms with E-state index in [0.29, 0.717) is 37.8 Å². The highest BCUT2D eigenvalue weighted by molar-refractivity contribution is 6.40. The third-order valence-corrected chi connectivity index (χ3v) is 5.03. The third kappa shape index (κ3) is 4.47. The van der Waals surface area contributed by atoms with Crippen LogP contribution in [-0.4, -0.2) is 26.1 Å². The molecule has 150 valence electrons. The summed E-state index contributed by atoms with van der Waals surface area (Å²) >= 11 is 12.6. The largest absolute Gasteiger partial charge is 0.497 e. The highest BCUT2D eigenvalue weighted by Gasteiger charge is 2.21. The van der Waals surface area contributed by atoms with Crippen molar-refractivity contribution in [1.82, 2.24) is 0 Å². The smallest absolute Gasteiger partial charge is 0.337 e. The fourth-order valence-corrected chi connectivity index (χ4v) is 3.78. The van der Waals surface area contributed by atoms with Crippen molar-refractivity contribution in [1.29, 1.82) is 0 Å². The summed E-state index contributed by atoms with van der Waals surface area (Å²) in [5.74, 6) is -0.0414. The van der Waals surface area contributed by atoms with Gasteiger partial charge >= 0.3 is 5.97 Å². The molecule has 0 N–H and O–H groups in total. The fourth-order valence-electron chi connectivity index (χ4n) is 3.17. The molecule has 1 amide bonds. The van der Waals surface area contributed by atoms with E-state index in [4.69, 9.17) is 32.7 Å². The molecule has 7 heteroatoms. The summed E-state index contributed by atoms with van der Waals surface area (Å²) in [6.45, 7) is 1.73. The van der Waals surface area contributed by atoms with Crippen LogP contribution in [0.5, 0.6) is 5.75 Å². The van der Waals surface area contributed by atoms with Crippen LogP contribution in [0, 0.1) is 0 Å². The predicted octanol–water partition coefficient (Wildman–Crippen LogP) is 5.49. The number of carbonyl (C=O) groups excluding carboxylic acids is 2. The van der Waals surface area contributed by atoms with Gasteiger partial charge in [0.15, 0.2) is 0 Å². The minimum atomic E-state index is -0.519. The topological polar surface area (TPSA) is 55.8 Å². The molecule has 0 aliphatic carbocycles. The molecule has 5 nitrogen and oxygen atoms in total. The summed E-state index contributed by atoms with van der Waals surface area (Å²) in [5, 5.41) is 2.08. The number of benzene rings is 3. The quantitative estimate of drug-likeness (QED) is 0.500. The number of hydrogen-bond acceptors (Lipinski definition) is 4. The van der Waals surface area contributed by atoms with Crippen LogP contribution in [0.25, 0.3) is 10.8 Å². The van der Waals surface area contributed by atoms with Crippen LogP contribution in [0.2, 0.25) is 10.0 Å². The summed E-state index contributed by atoms with van der Waals surface area (Å²) in [6, 6.07) is 14.0. The second kappa shape index (κ2) is 8.72. The summed E-state index contributed by atoms with van der Waals surface area (Å²) in [6.07, 6.45) is 0. The predicted molar refractivity (Wildman–Crippen MR) is 115 cm³/mol. The average molecular weight is 432 g/mol. The van der Waals surface area contributed by atoms with E-state index in [2.05, 4.69) is 0 Å². The van der Waals surface area contributed by atoms with Gasteiger partial charge in [-0.3, -0.25) is 4.79 Å². The van der Waals surface area contributed by atoms with Gasteiger partial charge in [-0.2, -0.15) is 0 Å². The molecule has 0 heterocycles. The molecule has 29 heavy (non-hydrogen) atoms. The minimum absolute atomic E-state index is 0.206. The Morgan fingerprint density at radius 3 is 2.45 bits per heavy atom. The first-order valence-electron chi connectivity index (χ1n) is 8.76. The van der Waals surface area contributed by atoms with Crippen LogP contribution in [-0.2, 0) is 16.1 Å². The Labute approximate surface area is 178 Å². The number of ether oxygens (including phenoxy) is 2. The van der Waals surface area contributed by atoms with E-state index in [1.807, 2.05) is 24.3 Å². The number of amides is 1. The van der Waals surface area contributed by atoms with Crippen molar-refractivity contribution < 1.29 is 19.1 Å². The maximum Gasteiger partial charge on any atom is 0.337 e. The SMILES string of the molecule is COC(=O)c1cc(N(Cc2cccc(OC)c2)C(C)=O)c2c(Cl)cc(Cl)cc2c1. The van der Waals surface area contributed by atoms with Crippen LogP contribution in [0.1, 0.15) is 22.8 Å². The van der Waals surface area contributed by atoms with Crippen molar-refractivity contribution in [3.63, 3.8) is 0 Å². The summed E-state index contributed by atoms with van der Waals surface area (Å²) in [7, 11) is 2.88. The monoisotopic (exact) mass is 431 g/mol. The Morgan fingerprint density at radius 2 is 1.79 bits per heavy atom. The molecule has 0 atom stereocenters. The first-order valence-corrected chi connectivity index (χ1v) is 9.51. The maximum absolute atomic E-state index is 12.6. The van der Waals surface area contributed by atoms with E-state index in [-0.39, 0.29) is 12.5 Å². The second-order valence-electron chi connectivity index (χ2n) is 6.43. The zero-order chi connectivity index (χ0) is 21.1. The molecule has 0 radical (unpaired) electrons. The van der Waals surface area contributed by atoms with E-state index in [9.17, 15) is 9.59 Å². The maximum atomic E-state index is 12.6. The molecule has 0 aliphatic rings. The van der Waals surface area contributed by atoms with Crippen LogP contribution < -0.4 is 9.64 Å². The molecule has 3 aromatic carbocycles. The molecule has 0 spiro atoms. The van der Waals surface area contributed by atoms with Gasteiger partial charge in [0, 0.05) is 17.3 Å². The number of fused-ring (bicyclic) bond motifs is 1. The van der Waals surface area contributed by atoms with Gasteiger partial charge in [0.05, 0.1) is 37.0 Å². The van der Waals surface area contributed by atoms with E-state index < -0.39 is 5.97 Å². The van der Waals surface area contributed by atoms with Crippen molar-refractivity contribution in [2.75, 3.05) is 19.1 Å². The molecule has 0 unspecified atom stereocenters. The Balaban J connectivity index is 2.22. The highest BCUT2D eigenvalue weighted by atomic mass is 35.5. The van der Waals surface area contributed by atoms with Gasteiger partial charge in [-0.1, -0.05) is 35.3 Å². The molecule has 0 saturated carbocycles. The van der Waals surface area contributed by atoms with Crippen molar-refractivity contribution >= 4 is 51.5 Å². The molecule has 3 aromatic rings. The minimum Gasteiger partial charge on any atom is -0.497 e. The molecule has 0 aromatic heterocycles. The summed E-state index contributed by atoms with van der Waals surface area (Å²) in [5.41, 5.74) is 1.66. The van der Waals surface area contributed by atoms with Crippen molar-refractivity contribution in [2.24, 2.45) is 0 Å². The van der Waals surface area contributed by atoms with Crippen LogP contribution in [0.4, 0.5) is 5.69 Å². The third-order valence-electron chi connectivity index (χ3n) is 4.51. The average Bonchev–Trinajstić information content (AvgIpc) is 2.70. The number of methoxy groups -OCH3 is 2. The number of esters is 1. The zero-order valence-electron chi connectivity index (χ0n) is 16.2. The number of carbonyl (C=O) groups is 2. The lowest BCUT2D eigenvalue weighted by Gasteiger charge is -2.24. The molecule has 0 saturated heterocycles. The highest BCUT2D eigenvalue weighted by Crippen LogP contribution is 2.37. The lowest BCUT2D eigenvalue weighted by molar-refractivity contribution is -0.116. The Kier molecular flexibility index (Phi) is 6.30. The molecule has 0 aliphatic heterocycles. The Morgan fingerprint density at radius 1 is 1.03 bits per heavy atom. The first kappa shape index (κ1) is 21.0. The normalized spacial score (nSPS) is 10.7.